The largest absolute Gasteiger partial charge is 0.478 e. The molecule has 2 rings (SSSR count). The van der Waals surface area contributed by atoms with Crippen LogP contribution in [-0.2, 0) is 6.42 Å². The smallest absolute Gasteiger partial charge is 0.213 e. The van der Waals surface area contributed by atoms with Gasteiger partial charge in [0.2, 0.25) is 5.88 Å². The minimum absolute atomic E-state index is 0.680. The van der Waals surface area contributed by atoms with Crippen LogP contribution >= 0.6 is 0 Å². The van der Waals surface area contributed by atoms with Crippen molar-refractivity contribution in [3.05, 3.63) is 17.8 Å². The molecule has 0 atom stereocenters. The summed E-state index contributed by atoms with van der Waals surface area (Å²) in [5.41, 5.74) is 2.28. The van der Waals surface area contributed by atoms with Gasteiger partial charge >= 0.3 is 0 Å². The van der Waals surface area contributed by atoms with Crippen LogP contribution in [0.25, 0.3) is 0 Å². The molecule has 0 aliphatic carbocycles. The second kappa shape index (κ2) is 3.01. The first-order chi connectivity index (χ1) is 5.90. The average Bonchev–Trinajstić information content (AvgIpc) is 2.51. The molecular weight excluding hydrogens is 152 g/mol. The lowest BCUT2D eigenvalue weighted by molar-refractivity contribution is 0.326. The highest BCUT2D eigenvalue weighted by Gasteiger charge is 2.11. The van der Waals surface area contributed by atoms with E-state index in [2.05, 4.69) is 10.3 Å². The second-order valence-electron chi connectivity index (χ2n) is 2.75. The highest BCUT2D eigenvalue weighted by molar-refractivity contribution is 5.53. The molecule has 12 heavy (non-hydrogen) atoms. The molecule has 1 aliphatic heterocycles. The van der Waals surface area contributed by atoms with Gasteiger partial charge in [-0.3, -0.25) is 0 Å². The zero-order chi connectivity index (χ0) is 8.39. The number of aromatic nitrogens is 1. The van der Waals surface area contributed by atoms with Gasteiger partial charge in [0.1, 0.15) is 0 Å². The highest BCUT2D eigenvalue weighted by atomic mass is 16.5. The number of anilines is 1. The van der Waals surface area contributed by atoms with Crippen LogP contribution in [-0.4, -0.2) is 18.1 Å². The van der Waals surface area contributed by atoms with Crippen molar-refractivity contribution < 1.29 is 4.74 Å². The van der Waals surface area contributed by atoms with Crippen LogP contribution in [0.5, 0.6) is 5.88 Å². The number of nitrogens with zero attached hydrogens (tertiary/aromatic N) is 1. The maximum absolute atomic E-state index is 5.29. The first-order valence-electron chi connectivity index (χ1n) is 4.26. The Morgan fingerprint density at radius 1 is 1.58 bits per heavy atom. The summed E-state index contributed by atoms with van der Waals surface area (Å²) in [6, 6.07) is 3.93. The van der Waals surface area contributed by atoms with E-state index in [0.29, 0.717) is 6.61 Å². The van der Waals surface area contributed by atoms with E-state index < -0.39 is 0 Å². The minimum atomic E-state index is 0.680. The Balaban J connectivity index is 2.26. The van der Waals surface area contributed by atoms with Gasteiger partial charge in [-0.15, -0.1) is 0 Å². The average molecular weight is 164 g/mol. The van der Waals surface area contributed by atoms with E-state index in [0.717, 1.165) is 30.2 Å². The van der Waals surface area contributed by atoms with Crippen LogP contribution in [0.2, 0.25) is 0 Å². The van der Waals surface area contributed by atoms with Crippen molar-refractivity contribution in [2.45, 2.75) is 13.3 Å². The molecule has 0 unspecified atom stereocenters. The molecule has 0 radical (unpaired) electrons. The Kier molecular flexibility index (Phi) is 1.86. The van der Waals surface area contributed by atoms with Crippen molar-refractivity contribution in [1.82, 2.24) is 4.98 Å². The molecule has 0 saturated carbocycles. The van der Waals surface area contributed by atoms with E-state index >= 15 is 0 Å². The van der Waals surface area contributed by atoms with E-state index in [1.54, 1.807) is 0 Å². The van der Waals surface area contributed by atoms with Crippen LogP contribution in [0.3, 0.4) is 0 Å². The topological polar surface area (TPSA) is 34.1 Å². The molecule has 1 N–H and O–H groups in total. The summed E-state index contributed by atoms with van der Waals surface area (Å²) < 4.78 is 5.29. The monoisotopic (exact) mass is 164 g/mol. The van der Waals surface area contributed by atoms with Crippen LogP contribution in [0.4, 0.5) is 5.69 Å². The van der Waals surface area contributed by atoms with Crippen LogP contribution in [0.1, 0.15) is 12.6 Å². The van der Waals surface area contributed by atoms with Crippen molar-refractivity contribution in [1.29, 1.82) is 0 Å². The van der Waals surface area contributed by atoms with Gasteiger partial charge < -0.3 is 10.1 Å². The molecule has 3 nitrogen and oxygen atoms in total. The van der Waals surface area contributed by atoms with Crippen molar-refractivity contribution in [2.24, 2.45) is 0 Å². The summed E-state index contributed by atoms with van der Waals surface area (Å²) in [6.45, 7) is 3.64. The van der Waals surface area contributed by atoms with E-state index in [9.17, 15) is 0 Å². The predicted octanol–water partition coefficient (Wildman–Crippen LogP) is 1.45. The maximum atomic E-state index is 5.29. The van der Waals surface area contributed by atoms with Crippen molar-refractivity contribution in [3.8, 4) is 5.88 Å². The number of hydrogen-bond donors (Lipinski definition) is 1. The Morgan fingerprint density at radius 3 is 3.33 bits per heavy atom. The van der Waals surface area contributed by atoms with Gasteiger partial charge in [0.15, 0.2) is 0 Å². The first kappa shape index (κ1) is 7.40. The molecule has 0 saturated heterocycles. The van der Waals surface area contributed by atoms with E-state index in [4.69, 9.17) is 4.74 Å². The molecule has 0 fully saturated rings. The number of rotatable bonds is 2. The molecule has 0 aromatic carbocycles. The third-order valence-corrected chi connectivity index (χ3v) is 1.92. The Bertz CT molecular complexity index is 286. The zero-order valence-electron chi connectivity index (χ0n) is 7.13. The van der Waals surface area contributed by atoms with Crippen LogP contribution in [0.15, 0.2) is 12.1 Å². The van der Waals surface area contributed by atoms with Gasteiger partial charge in [0, 0.05) is 19.0 Å². The number of hydrogen-bond acceptors (Lipinski definition) is 3. The lowest BCUT2D eigenvalue weighted by Gasteiger charge is -2.03. The molecule has 64 valence electrons. The standard InChI is InChI=1S/C9H12N2O/c1-2-12-9-4-3-7-8(11-9)5-6-10-7/h3-4,10H,2,5-6H2,1H3. The Morgan fingerprint density at radius 2 is 2.50 bits per heavy atom. The Labute approximate surface area is 71.8 Å². The zero-order valence-corrected chi connectivity index (χ0v) is 7.13. The lowest BCUT2D eigenvalue weighted by Crippen LogP contribution is -1.95. The third-order valence-electron chi connectivity index (χ3n) is 1.92. The van der Waals surface area contributed by atoms with Gasteiger partial charge in [-0.25, -0.2) is 4.98 Å². The SMILES string of the molecule is CCOc1ccc2c(n1)CCN2. The van der Waals surface area contributed by atoms with Gasteiger partial charge in [0.05, 0.1) is 18.0 Å². The number of nitrogens with one attached hydrogen (secondary N) is 1. The molecular formula is C9H12N2O. The molecule has 0 spiro atoms. The Hall–Kier alpha value is -1.25. The fourth-order valence-electron chi connectivity index (χ4n) is 1.38. The quantitative estimate of drug-likeness (QED) is 0.718. The lowest BCUT2D eigenvalue weighted by atomic mass is 10.3. The summed E-state index contributed by atoms with van der Waals surface area (Å²) >= 11 is 0. The third kappa shape index (κ3) is 1.22. The summed E-state index contributed by atoms with van der Waals surface area (Å²) in [6.07, 6.45) is 1.01. The van der Waals surface area contributed by atoms with Crippen molar-refractivity contribution in [2.75, 3.05) is 18.5 Å². The fraction of sp³-hybridized carbons (Fsp3) is 0.444. The van der Waals surface area contributed by atoms with Gasteiger partial charge in [0.25, 0.3) is 0 Å². The summed E-state index contributed by atoms with van der Waals surface area (Å²) in [5, 5.41) is 3.25. The molecule has 3 heteroatoms. The highest BCUT2D eigenvalue weighted by Crippen LogP contribution is 2.22. The molecule has 1 aromatic rings. The molecule has 1 aliphatic rings. The summed E-state index contributed by atoms with van der Waals surface area (Å²) in [7, 11) is 0. The summed E-state index contributed by atoms with van der Waals surface area (Å²) in [5.74, 6) is 0.736. The first-order valence-corrected chi connectivity index (χ1v) is 4.26. The van der Waals surface area contributed by atoms with E-state index in [-0.39, 0.29) is 0 Å². The van der Waals surface area contributed by atoms with E-state index in [1.165, 1.54) is 0 Å². The normalized spacial score (nSPS) is 13.8. The van der Waals surface area contributed by atoms with Crippen LogP contribution in [0, 0.1) is 0 Å². The van der Waals surface area contributed by atoms with Crippen molar-refractivity contribution >= 4 is 5.69 Å². The number of ether oxygens (including phenoxy) is 1. The molecule has 2 heterocycles. The molecule has 0 amide bonds. The minimum Gasteiger partial charge on any atom is -0.478 e. The van der Waals surface area contributed by atoms with E-state index in [1.807, 2.05) is 19.1 Å². The van der Waals surface area contributed by atoms with Gasteiger partial charge in [-0.1, -0.05) is 0 Å². The number of pyridine rings is 1. The maximum Gasteiger partial charge on any atom is 0.213 e. The van der Waals surface area contributed by atoms with Crippen molar-refractivity contribution in [3.63, 3.8) is 0 Å². The second-order valence-corrected chi connectivity index (χ2v) is 2.75. The van der Waals surface area contributed by atoms with Gasteiger partial charge in [-0.2, -0.15) is 0 Å². The van der Waals surface area contributed by atoms with Gasteiger partial charge in [-0.05, 0) is 13.0 Å². The predicted molar refractivity (Wildman–Crippen MR) is 47.6 cm³/mol. The summed E-state index contributed by atoms with van der Waals surface area (Å²) in [4.78, 5) is 4.36. The molecule has 0 bridgehead atoms. The number of fused-ring (bicyclic) bond motifs is 1. The van der Waals surface area contributed by atoms with Crippen LogP contribution < -0.4 is 10.1 Å². The molecule has 1 aromatic heterocycles. The fourth-order valence-corrected chi connectivity index (χ4v) is 1.38.